The molecule has 7 nitrogen and oxygen atoms in total. The third kappa shape index (κ3) is 3.79. The van der Waals surface area contributed by atoms with E-state index in [9.17, 15) is 9.59 Å². The number of hydrogen-bond donors (Lipinski definition) is 2. The zero-order valence-electron chi connectivity index (χ0n) is 16.2. The van der Waals surface area contributed by atoms with Crippen molar-refractivity contribution in [1.29, 1.82) is 0 Å². The van der Waals surface area contributed by atoms with Gasteiger partial charge in [0.2, 0.25) is 17.7 Å². The molecule has 0 radical (unpaired) electrons. The Kier molecular flexibility index (Phi) is 5.15. The van der Waals surface area contributed by atoms with Crippen LogP contribution >= 0.6 is 0 Å². The monoisotopic (exact) mass is 382 g/mol. The number of hydrogen-bond acceptors (Lipinski definition) is 5. The topological polar surface area (TPSA) is 97.1 Å². The number of carbonyl (C=O) groups excluding carboxylic acids is 2. The Bertz CT molecular complexity index is 870. The molecule has 1 atom stereocenters. The molecule has 4 rings (SSSR count). The van der Waals surface area contributed by atoms with Gasteiger partial charge in [0.25, 0.3) is 0 Å². The second kappa shape index (κ2) is 7.73. The van der Waals surface area contributed by atoms with Gasteiger partial charge < -0.3 is 15.2 Å². The normalized spacial score (nSPS) is 20.9. The molecule has 0 spiro atoms. The molecule has 2 aliphatic rings. The number of aryl methyl sites for hydroxylation is 1. The van der Waals surface area contributed by atoms with Gasteiger partial charge in [0.1, 0.15) is 5.54 Å². The van der Waals surface area contributed by atoms with E-state index < -0.39 is 5.54 Å². The summed E-state index contributed by atoms with van der Waals surface area (Å²) in [5.41, 5.74) is 1.45. The van der Waals surface area contributed by atoms with Crippen LogP contribution in [0.4, 0.5) is 5.69 Å². The Morgan fingerprint density at radius 1 is 1.29 bits per heavy atom. The van der Waals surface area contributed by atoms with E-state index >= 15 is 0 Å². The van der Waals surface area contributed by atoms with Crippen LogP contribution in [0.15, 0.2) is 28.8 Å². The van der Waals surface area contributed by atoms with Gasteiger partial charge in [0, 0.05) is 24.9 Å². The fraction of sp³-hybridized carbons (Fsp3) is 0.524. The van der Waals surface area contributed by atoms with Gasteiger partial charge in [-0.1, -0.05) is 42.6 Å². The molecular weight excluding hydrogens is 356 g/mol. The van der Waals surface area contributed by atoms with Gasteiger partial charge in [-0.05, 0) is 37.3 Å². The van der Waals surface area contributed by atoms with Crippen LogP contribution in [0.25, 0.3) is 0 Å². The van der Waals surface area contributed by atoms with E-state index in [0.717, 1.165) is 43.4 Å². The van der Waals surface area contributed by atoms with Crippen LogP contribution in [0.3, 0.4) is 0 Å². The van der Waals surface area contributed by atoms with E-state index in [1.165, 1.54) is 0 Å². The second-order valence-corrected chi connectivity index (χ2v) is 7.91. The Hall–Kier alpha value is -2.70. The Labute approximate surface area is 164 Å². The molecule has 1 aromatic heterocycles. The number of carbonyl (C=O) groups is 2. The van der Waals surface area contributed by atoms with E-state index in [1.54, 1.807) is 6.92 Å². The lowest BCUT2D eigenvalue weighted by molar-refractivity contribution is -0.124. The van der Waals surface area contributed by atoms with Crippen molar-refractivity contribution >= 4 is 17.5 Å². The van der Waals surface area contributed by atoms with Gasteiger partial charge in [-0.3, -0.25) is 9.59 Å². The van der Waals surface area contributed by atoms with Crippen LogP contribution < -0.4 is 10.6 Å². The van der Waals surface area contributed by atoms with Gasteiger partial charge >= 0.3 is 0 Å². The van der Waals surface area contributed by atoms with E-state index in [1.807, 2.05) is 24.3 Å². The fourth-order valence-corrected chi connectivity index (χ4v) is 4.33. The van der Waals surface area contributed by atoms with Crippen LogP contribution in [0.2, 0.25) is 0 Å². The highest BCUT2D eigenvalue weighted by Gasteiger charge is 2.39. The molecule has 1 aromatic carbocycles. The maximum atomic E-state index is 12.8. The van der Waals surface area contributed by atoms with Crippen LogP contribution in [-0.4, -0.2) is 22.0 Å². The van der Waals surface area contributed by atoms with E-state index in [0.29, 0.717) is 31.0 Å². The summed E-state index contributed by atoms with van der Waals surface area (Å²) in [6.45, 7) is 1.76. The molecule has 1 unspecified atom stereocenters. The van der Waals surface area contributed by atoms with Crippen LogP contribution in [0.5, 0.6) is 0 Å². The van der Waals surface area contributed by atoms with Gasteiger partial charge in [-0.25, -0.2) is 0 Å². The van der Waals surface area contributed by atoms with Gasteiger partial charge in [-0.15, -0.1) is 0 Å². The SMILES string of the molecule is Cc1nc(C2(NC(=O)CCC3Cc4ccccc4NC3=O)CCCCC2)no1. The van der Waals surface area contributed by atoms with Crippen LogP contribution in [0.1, 0.15) is 62.2 Å². The minimum atomic E-state index is -0.547. The number of anilines is 1. The van der Waals surface area contributed by atoms with Crippen molar-refractivity contribution in [3.05, 3.63) is 41.5 Å². The quantitative estimate of drug-likeness (QED) is 0.827. The molecule has 28 heavy (non-hydrogen) atoms. The van der Waals surface area contributed by atoms with E-state index in [-0.39, 0.29) is 17.7 Å². The van der Waals surface area contributed by atoms with Gasteiger partial charge in [-0.2, -0.15) is 4.98 Å². The Morgan fingerprint density at radius 3 is 2.82 bits per heavy atom. The smallest absolute Gasteiger partial charge is 0.227 e. The van der Waals surface area contributed by atoms with Crippen molar-refractivity contribution in [3.8, 4) is 0 Å². The summed E-state index contributed by atoms with van der Waals surface area (Å²) in [5, 5.41) is 10.2. The first-order chi connectivity index (χ1) is 13.6. The number of fused-ring (bicyclic) bond motifs is 1. The average Bonchev–Trinajstić information content (AvgIpc) is 3.14. The summed E-state index contributed by atoms with van der Waals surface area (Å²) in [6, 6.07) is 7.82. The lowest BCUT2D eigenvalue weighted by Gasteiger charge is -2.35. The maximum absolute atomic E-state index is 12.8. The van der Waals surface area contributed by atoms with Crippen molar-refractivity contribution < 1.29 is 14.1 Å². The zero-order valence-corrected chi connectivity index (χ0v) is 16.2. The van der Waals surface area contributed by atoms with Crippen molar-refractivity contribution in [2.75, 3.05) is 5.32 Å². The number of rotatable bonds is 5. The van der Waals surface area contributed by atoms with E-state index in [2.05, 4.69) is 20.8 Å². The first kappa shape index (κ1) is 18.7. The standard InChI is InChI=1S/C21H26N4O3/c1-14-22-20(25-28-14)21(11-5-2-6-12-21)24-18(26)10-9-16-13-15-7-3-4-8-17(15)23-19(16)27/h3-4,7-8,16H,2,5-6,9-13H2,1H3,(H,23,27)(H,24,26). The summed E-state index contributed by atoms with van der Waals surface area (Å²) in [5.74, 6) is 0.827. The molecule has 0 bridgehead atoms. The molecule has 1 fully saturated rings. The highest BCUT2D eigenvalue weighted by molar-refractivity contribution is 5.96. The molecule has 148 valence electrons. The number of benzene rings is 1. The van der Waals surface area contributed by atoms with Gasteiger partial charge in [0.05, 0.1) is 0 Å². The summed E-state index contributed by atoms with van der Waals surface area (Å²) in [4.78, 5) is 29.5. The fourth-order valence-electron chi connectivity index (χ4n) is 4.33. The number of amides is 2. The van der Waals surface area contributed by atoms with Crippen molar-refractivity contribution in [2.45, 2.75) is 63.8 Å². The first-order valence-electron chi connectivity index (χ1n) is 10.1. The number of para-hydroxylation sites is 1. The van der Waals surface area contributed by atoms with Crippen molar-refractivity contribution in [3.63, 3.8) is 0 Å². The molecule has 2 amide bonds. The third-order valence-electron chi connectivity index (χ3n) is 5.87. The average molecular weight is 382 g/mol. The minimum Gasteiger partial charge on any atom is -0.343 e. The van der Waals surface area contributed by atoms with Crippen LogP contribution in [0, 0.1) is 12.8 Å². The maximum Gasteiger partial charge on any atom is 0.227 e. The number of aromatic nitrogens is 2. The van der Waals surface area contributed by atoms with Crippen molar-refractivity contribution in [2.24, 2.45) is 5.92 Å². The predicted molar refractivity (Wildman–Crippen MR) is 103 cm³/mol. The Morgan fingerprint density at radius 2 is 2.07 bits per heavy atom. The largest absolute Gasteiger partial charge is 0.343 e. The predicted octanol–water partition coefficient (Wildman–Crippen LogP) is 3.24. The van der Waals surface area contributed by atoms with Crippen LogP contribution in [-0.2, 0) is 21.5 Å². The third-order valence-corrected chi connectivity index (χ3v) is 5.87. The molecule has 0 saturated heterocycles. The summed E-state index contributed by atoms with van der Waals surface area (Å²) in [6.07, 6.45) is 6.32. The zero-order chi connectivity index (χ0) is 19.6. The van der Waals surface area contributed by atoms with Gasteiger partial charge in [0.15, 0.2) is 5.82 Å². The molecule has 1 saturated carbocycles. The Balaban J connectivity index is 1.40. The van der Waals surface area contributed by atoms with E-state index in [4.69, 9.17) is 4.52 Å². The second-order valence-electron chi connectivity index (χ2n) is 7.91. The molecular formula is C21H26N4O3. The summed E-state index contributed by atoms with van der Waals surface area (Å²) < 4.78 is 5.16. The molecule has 7 heteroatoms. The summed E-state index contributed by atoms with van der Waals surface area (Å²) >= 11 is 0. The highest BCUT2D eigenvalue weighted by Crippen LogP contribution is 2.36. The molecule has 2 aromatic rings. The van der Waals surface area contributed by atoms with Crippen molar-refractivity contribution in [1.82, 2.24) is 15.5 Å². The number of nitrogens with zero attached hydrogens (tertiary/aromatic N) is 2. The first-order valence-corrected chi connectivity index (χ1v) is 10.1. The molecule has 1 aliphatic heterocycles. The lowest BCUT2D eigenvalue weighted by Crippen LogP contribution is -2.48. The number of nitrogens with one attached hydrogen (secondary N) is 2. The molecule has 1 aliphatic carbocycles. The lowest BCUT2D eigenvalue weighted by atomic mass is 9.80. The highest BCUT2D eigenvalue weighted by atomic mass is 16.5. The summed E-state index contributed by atoms with van der Waals surface area (Å²) in [7, 11) is 0. The molecule has 2 heterocycles. The molecule has 2 N–H and O–H groups in total. The minimum absolute atomic E-state index is 0.00678.